The first-order valence-electron chi connectivity index (χ1n) is 5.74. The molecule has 5 nitrogen and oxygen atoms in total. The van der Waals surface area contributed by atoms with Gasteiger partial charge < -0.3 is 11.1 Å². The van der Waals surface area contributed by atoms with Crippen molar-refractivity contribution < 1.29 is 4.79 Å². The van der Waals surface area contributed by atoms with Crippen LogP contribution in [-0.2, 0) is 24.8 Å². The highest BCUT2D eigenvalue weighted by molar-refractivity contribution is 5.80. The van der Waals surface area contributed by atoms with Crippen LogP contribution in [0.1, 0.15) is 11.3 Å². The summed E-state index contributed by atoms with van der Waals surface area (Å²) in [4.78, 5) is 11.7. The van der Waals surface area contributed by atoms with Gasteiger partial charge in [-0.25, -0.2) is 0 Å². The van der Waals surface area contributed by atoms with Gasteiger partial charge in [-0.1, -0.05) is 18.2 Å². The van der Waals surface area contributed by atoms with Gasteiger partial charge in [0.05, 0.1) is 18.7 Å². The Balaban J connectivity index is 1.88. The molecule has 18 heavy (non-hydrogen) atoms. The number of rotatable bonds is 4. The molecule has 2 aromatic rings. The molecule has 5 heteroatoms. The van der Waals surface area contributed by atoms with E-state index in [4.69, 9.17) is 5.73 Å². The van der Waals surface area contributed by atoms with Crippen molar-refractivity contribution in [2.45, 2.75) is 13.0 Å². The van der Waals surface area contributed by atoms with Crippen LogP contribution in [0, 0.1) is 0 Å². The number of carbonyl (C=O) groups is 1. The van der Waals surface area contributed by atoms with E-state index in [2.05, 4.69) is 10.4 Å². The minimum absolute atomic E-state index is 0.0569. The Labute approximate surface area is 106 Å². The number of para-hydroxylation sites is 1. The van der Waals surface area contributed by atoms with E-state index in [1.165, 1.54) is 0 Å². The fourth-order valence-corrected chi connectivity index (χ4v) is 1.68. The normalized spacial score (nSPS) is 10.3. The van der Waals surface area contributed by atoms with Crippen LogP contribution in [0.4, 0.5) is 5.69 Å². The molecule has 3 N–H and O–H groups in total. The smallest absolute Gasteiger partial charge is 0.224 e. The third-order valence-electron chi connectivity index (χ3n) is 2.64. The second-order valence-corrected chi connectivity index (χ2v) is 4.13. The van der Waals surface area contributed by atoms with E-state index in [0.717, 1.165) is 11.3 Å². The number of carbonyl (C=O) groups excluding carboxylic acids is 1. The van der Waals surface area contributed by atoms with Crippen LogP contribution in [0.2, 0.25) is 0 Å². The lowest BCUT2D eigenvalue weighted by molar-refractivity contribution is -0.120. The minimum atomic E-state index is -0.0569. The van der Waals surface area contributed by atoms with Crippen molar-refractivity contribution in [3.63, 3.8) is 0 Å². The van der Waals surface area contributed by atoms with E-state index in [1.807, 2.05) is 37.5 Å². The van der Waals surface area contributed by atoms with Crippen molar-refractivity contribution in [1.82, 2.24) is 15.1 Å². The molecule has 0 fully saturated rings. The molecule has 2 rings (SSSR count). The van der Waals surface area contributed by atoms with E-state index in [-0.39, 0.29) is 5.91 Å². The molecule has 0 saturated carbocycles. The molecule has 0 atom stereocenters. The monoisotopic (exact) mass is 244 g/mol. The van der Waals surface area contributed by atoms with Gasteiger partial charge in [0.1, 0.15) is 0 Å². The fourth-order valence-electron chi connectivity index (χ4n) is 1.68. The zero-order chi connectivity index (χ0) is 13.0. The lowest BCUT2D eigenvalue weighted by Crippen LogP contribution is -2.25. The van der Waals surface area contributed by atoms with Gasteiger partial charge in [-0.05, 0) is 17.7 Å². The second kappa shape index (κ2) is 5.35. The van der Waals surface area contributed by atoms with Crippen LogP contribution in [0.5, 0.6) is 0 Å². The molecule has 1 amide bonds. The molecule has 0 saturated heterocycles. The molecule has 0 aliphatic rings. The Morgan fingerprint density at radius 3 is 2.83 bits per heavy atom. The number of nitrogens with two attached hydrogens (primary N) is 1. The summed E-state index contributed by atoms with van der Waals surface area (Å²) < 4.78 is 1.71. The summed E-state index contributed by atoms with van der Waals surface area (Å²) in [7, 11) is 1.84. The number of nitrogen functional groups attached to an aromatic ring is 1. The SMILES string of the molecule is Cn1ccc(CNC(=O)Cc2ccccc2N)n1. The van der Waals surface area contributed by atoms with Crippen molar-refractivity contribution in [3.8, 4) is 0 Å². The highest BCUT2D eigenvalue weighted by Gasteiger charge is 2.06. The number of nitrogens with zero attached hydrogens (tertiary/aromatic N) is 2. The maximum atomic E-state index is 11.7. The Morgan fingerprint density at radius 2 is 2.17 bits per heavy atom. The molecule has 94 valence electrons. The maximum absolute atomic E-state index is 11.7. The predicted molar refractivity (Wildman–Crippen MR) is 69.6 cm³/mol. The third kappa shape index (κ3) is 3.10. The van der Waals surface area contributed by atoms with Crippen LogP contribution >= 0.6 is 0 Å². The number of aromatic nitrogens is 2. The molecule has 0 aliphatic heterocycles. The standard InChI is InChI=1S/C13H16N4O/c1-17-7-6-11(16-17)9-15-13(18)8-10-4-2-3-5-12(10)14/h2-7H,8-9,14H2,1H3,(H,15,18). The first kappa shape index (κ1) is 12.2. The van der Waals surface area contributed by atoms with Gasteiger partial charge in [0.25, 0.3) is 0 Å². The zero-order valence-corrected chi connectivity index (χ0v) is 10.3. The van der Waals surface area contributed by atoms with Crippen LogP contribution in [-0.4, -0.2) is 15.7 Å². The van der Waals surface area contributed by atoms with E-state index in [0.29, 0.717) is 18.7 Å². The van der Waals surface area contributed by atoms with Crippen LogP contribution < -0.4 is 11.1 Å². The molecular formula is C13H16N4O. The molecule has 1 aromatic heterocycles. The Hall–Kier alpha value is -2.30. The fraction of sp³-hybridized carbons (Fsp3) is 0.231. The highest BCUT2D eigenvalue weighted by Crippen LogP contribution is 2.10. The highest BCUT2D eigenvalue weighted by atomic mass is 16.1. The number of benzene rings is 1. The summed E-state index contributed by atoms with van der Waals surface area (Å²) in [6, 6.07) is 9.25. The van der Waals surface area contributed by atoms with Crippen molar-refractivity contribution in [2.75, 3.05) is 5.73 Å². The largest absolute Gasteiger partial charge is 0.398 e. The molecule has 1 aromatic carbocycles. The van der Waals surface area contributed by atoms with E-state index in [1.54, 1.807) is 10.7 Å². The van der Waals surface area contributed by atoms with Crippen molar-refractivity contribution in [2.24, 2.45) is 7.05 Å². The molecule has 0 bridgehead atoms. The van der Waals surface area contributed by atoms with Gasteiger partial charge in [-0.2, -0.15) is 5.10 Å². The number of hydrogen-bond donors (Lipinski definition) is 2. The lowest BCUT2D eigenvalue weighted by atomic mass is 10.1. The first-order chi connectivity index (χ1) is 8.65. The van der Waals surface area contributed by atoms with E-state index < -0.39 is 0 Å². The summed E-state index contributed by atoms with van der Waals surface area (Å²) in [5.74, 6) is -0.0569. The molecule has 0 aliphatic carbocycles. The Morgan fingerprint density at radius 1 is 1.39 bits per heavy atom. The van der Waals surface area contributed by atoms with Crippen molar-refractivity contribution in [3.05, 3.63) is 47.8 Å². The molecule has 1 heterocycles. The Bertz CT molecular complexity index is 547. The molecule has 0 radical (unpaired) electrons. The first-order valence-corrected chi connectivity index (χ1v) is 5.74. The number of amides is 1. The summed E-state index contributed by atoms with van der Waals surface area (Å²) in [6.45, 7) is 0.437. The third-order valence-corrected chi connectivity index (χ3v) is 2.64. The molecular weight excluding hydrogens is 228 g/mol. The van der Waals surface area contributed by atoms with Gasteiger partial charge in [-0.3, -0.25) is 9.48 Å². The minimum Gasteiger partial charge on any atom is -0.398 e. The van der Waals surface area contributed by atoms with Gasteiger partial charge >= 0.3 is 0 Å². The Kier molecular flexibility index (Phi) is 3.62. The van der Waals surface area contributed by atoms with Gasteiger partial charge in [0.15, 0.2) is 0 Å². The average Bonchev–Trinajstić information content (AvgIpc) is 2.76. The quantitative estimate of drug-likeness (QED) is 0.783. The van der Waals surface area contributed by atoms with Crippen LogP contribution in [0.3, 0.4) is 0 Å². The van der Waals surface area contributed by atoms with Crippen molar-refractivity contribution in [1.29, 1.82) is 0 Å². The number of hydrogen-bond acceptors (Lipinski definition) is 3. The number of anilines is 1. The predicted octanol–water partition coefficient (Wildman–Crippen LogP) is 0.861. The number of nitrogens with one attached hydrogen (secondary N) is 1. The van der Waals surface area contributed by atoms with Gasteiger partial charge in [0, 0.05) is 18.9 Å². The van der Waals surface area contributed by atoms with Crippen LogP contribution in [0.25, 0.3) is 0 Å². The lowest BCUT2D eigenvalue weighted by Gasteiger charge is -2.05. The molecule has 0 spiro atoms. The summed E-state index contributed by atoms with van der Waals surface area (Å²) in [6.07, 6.45) is 2.14. The topological polar surface area (TPSA) is 72.9 Å². The maximum Gasteiger partial charge on any atom is 0.224 e. The summed E-state index contributed by atoms with van der Waals surface area (Å²) >= 11 is 0. The summed E-state index contributed by atoms with van der Waals surface area (Å²) in [5.41, 5.74) is 8.11. The van der Waals surface area contributed by atoms with E-state index in [9.17, 15) is 4.79 Å². The number of aryl methyl sites for hydroxylation is 1. The second-order valence-electron chi connectivity index (χ2n) is 4.13. The molecule has 0 unspecified atom stereocenters. The van der Waals surface area contributed by atoms with Gasteiger partial charge in [0.2, 0.25) is 5.91 Å². The average molecular weight is 244 g/mol. The van der Waals surface area contributed by atoms with Crippen LogP contribution in [0.15, 0.2) is 36.5 Å². The summed E-state index contributed by atoms with van der Waals surface area (Å²) in [5, 5.41) is 7.00. The van der Waals surface area contributed by atoms with E-state index >= 15 is 0 Å². The van der Waals surface area contributed by atoms with Gasteiger partial charge in [-0.15, -0.1) is 0 Å². The van der Waals surface area contributed by atoms with Crippen molar-refractivity contribution >= 4 is 11.6 Å². The zero-order valence-electron chi connectivity index (χ0n) is 10.3.